The Morgan fingerprint density at radius 3 is 2.83 bits per heavy atom. The van der Waals surface area contributed by atoms with Crippen LogP contribution in [0.25, 0.3) is 0 Å². The van der Waals surface area contributed by atoms with E-state index in [1.54, 1.807) is 4.90 Å². The average molecular weight is 247 g/mol. The van der Waals surface area contributed by atoms with Gasteiger partial charge in [-0.2, -0.15) is 0 Å². The van der Waals surface area contributed by atoms with Crippen molar-refractivity contribution in [3.8, 4) is 0 Å². The molecule has 0 spiro atoms. The van der Waals surface area contributed by atoms with Crippen LogP contribution in [-0.4, -0.2) is 24.1 Å². The van der Waals surface area contributed by atoms with Crippen LogP contribution >= 0.6 is 0 Å². The molecule has 3 heteroatoms. The van der Waals surface area contributed by atoms with Gasteiger partial charge in [0.2, 0.25) is 0 Å². The molecule has 0 aromatic heterocycles. The third-order valence-corrected chi connectivity index (χ3v) is 3.44. The average Bonchev–Trinajstić information content (AvgIpc) is 2.37. The van der Waals surface area contributed by atoms with E-state index >= 15 is 0 Å². The third kappa shape index (κ3) is 2.66. The summed E-state index contributed by atoms with van der Waals surface area (Å²) in [4.78, 5) is 13.5. The minimum absolute atomic E-state index is 0.196. The predicted molar refractivity (Wildman–Crippen MR) is 71.7 cm³/mol. The van der Waals surface area contributed by atoms with Crippen molar-refractivity contribution in [3.05, 3.63) is 34.9 Å². The molecule has 0 N–H and O–H groups in total. The molecule has 0 fully saturated rings. The Morgan fingerprint density at radius 2 is 2.17 bits per heavy atom. The molecular weight excluding hydrogens is 226 g/mol. The lowest BCUT2D eigenvalue weighted by Gasteiger charge is -2.28. The lowest BCUT2D eigenvalue weighted by atomic mass is 9.93. The van der Waals surface area contributed by atoms with Crippen LogP contribution in [0.3, 0.4) is 0 Å². The molecule has 0 saturated carbocycles. The van der Waals surface area contributed by atoms with Gasteiger partial charge in [0.1, 0.15) is 0 Å². The summed E-state index contributed by atoms with van der Waals surface area (Å²) < 4.78 is 5.06. The number of ether oxygens (including phenoxy) is 1. The molecule has 0 unspecified atom stereocenters. The van der Waals surface area contributed by atoms with Crippen molar-refractivity contribution in [2.75, 3.05) is 13.2 Å². The fourth-order valence-electron chi connectivity index (χ4n) is 2.31. The molecule has 0 radical (unpaired) electrons. The highest BCUT2D eigenvalue weighted by atomic mass is 16.6. The fourth-order valence-corrected chi connectivity index (χ4v) is 2.31. The van der Waals surface area contributed by atoms with Crippen LogP contribution in [0, 0.1) is 0 Å². The van der Waals surface area contributed by atoms with Gasteiger partial charge in [0.25, 0.3) is 0 Å². The molecule has 0 saturated heterocycles. The van der Waals surface area contributed by atoms with Gasteiger partial charge in [-0.1, -0.05) is 32.0 Å². The van der Waals surface area contributed by atoms with Crippen LogP contribution in [0.1, 0.15) is 43.4 Å². The maximum absolute atomic E-state index is 11.7. The number of hydrogen-bond acceptors (Lipinski definition) is 2. The van der Waals surface area contributed by atoms with Gasteiger partial charge in [0, 0.05) is 13.1 Å². The normalized spacial score (nSPS) is 14.6. The molecule has 18 heavy (non-hydrogen) atoms. The van der Waals surface area contributed by atoms with Gasteiger partial charge in [0.05, 0.1) is 6.61 Å². The van der Waals surface area contributed by atoms with E-state index in [-0.39, 0.29) is 6.09 Å². The molecule has 0 aliphatic carbocycles. The van der Waals surface area contributed by atoms with Crippen molar-refractivity contribution < 1.29 is 9.53 Å². The van der Waals surface area contributed by atoms with Gasteiger partial charge in [-0.25, -0.2) is 4.79 Å². The number of nitrogens with zero attached hydrogens (tertiary/aromatic N) is 1. The molecule has 1 aromatic carbocycles. The highest BCUT2D eigenvalue weighted by molar-refractivity contribution is 5.68. The maximum atomic E-state index is 11.7. The van der Waals surface area contributed by atoms with Crippen molar-refractivity contribution >= 4 is 6.09 Å². The zero-order chi connectivity index (χ0) is 13.1. The number of carbonyl (C=O) groups is 1. The number of benzene rings is 1. The summed E-state index contributed by atoms with van der Waals surface area (Å²) in [6.45, 7) is 8.09. The van der Waals surface area contributed by atoms with E-state index in [9.17, 15) is 4.79 Å². The van der Waals surface area contributed by atoms with Crippen molar-refractivity contribution in [2.45, 2.75) is 39.7 Å². The van der Waals surface area contributed by atoms with Crippen LogP contribution in [0.2, 0.25) is 0 Å². The van der Waals surface area contributed by atoms with Crippen LogP contribution in [-0.2, 0) is 17.7 Å². The Balaban J connectivity index is 2.16. The lowest BCUT2D eigenvalue weighted by Crippen LogP contribution is -2.36. The van der Waals surface area contributed by atoms with Gasteiger partial charge in [0.15, 0.2) is 0 Å². The summed E-state index contributed by atoms with van der Waals surface area (Å²) in [5.74, 6) is 0.522. The number of fused-ring (bicyclic) bond motifs is 1. The van der Waals surface area contributed by atoms with E-state index in [0.717, 1.165) is 13.0 Å². The Hall–Kier alpha value is -1.51. The van der Waals surface area contributed by atoms with E-state index in [2.05, 4.69) is 32.0 Å². The largest absolute Gasteiger partial charge is 0.450 e. The molecule has 1 aliphatic heterocycles. The summed E-state index contributed by atoms with van der Waals surface area (Å²) >= 11 is 0. The maximum Gasteiger partial charge on any atom is 0.410 e. The lowest BCUT2D eigenvalue weighted by molar-refractivity contribution is 0.102. The summed E-state index contributed by atoms with van der Waals surface area (Å²) in [6, 6.07) is 6.63. The molecule has 1 aromatic rings. The number of hydrogen-bond donors (Lipinski definition) is 0. The van der Waals surface area contributed by atoms with E-state index < -0.39 is 0 Å². The first-order chi connectivity index (χ1) is 8.61. The summed E-state index contributed by atoms with van der Waals surface area (Å²) in [5.41, 5.74) is 3.96. The van der Waals surface area contributed by atoms with Crippen molar-refractivity contribution in [1.29, 1.82) is 0 Å². The number of amides is 1. The zero-order valence-electron chi connectivity index (χ0n) is 11.4. The van der Waals surface area contributed by atoms with Crippen molar-refractivity contribution in [3.63, 3.8) is 0 Å². The highest BCUT2D eigenvalue weighted by Crippen LogP contribution is 2.24. The molecule has 1 aliphatic rings. The molecule has 1 amide bonds. The Bertz CT molecular complexity index is 440. The third-order valence-electron chi connectivity index (χ3n) is 3.44. The van der Waals surface area contributed by atoms with Gasteiger partial charge in [-0.15, -0.1) is 0 Å². The van der Waals surface area contributed by atoms with Crippen LogP contribution in [0.15, 0.2) is 18.2 Å². The standard InChI is InChI=1S/C15H21NO2/c1-4-18-15(17)16-8-7-12-5-6-13(11(2)3)9-14(12)10-16/h5-6,9,11H,4,7-8,10H2,1-3H3. The van der Waals surface area contributed by atoms with Gasteiger partial charge >= 0.3 is 6.09 Å². The van der Waals surface area contributed by atoms with Gasteiger partial charge in [-0.3, -0.25) is 0 Å². The smallest absolute Gasteiger partial charge is 0.410 e. The predicted octanol–water partition coefficient (Wildman–Crippen LogP) is 3.32. The number of carbonyl (C=O) groups excluding carboxylic acids is 1. The van der Waals surface area contributed by atoms with E-state index in [1.807, 2.05) is 6.92 Å². The first-order valence-electron chi connectivity index (χ1n) is 6.65. The second kappa shape index (κ2) is 5.42. The van der Waals surface area contributed by atoms with Crippen LogP contribution < -0.4 is 0 Å². The molecule has 1 heterocycles. The first kappa shape index (κ1) is 12.9. The molecule has 98 valence electrons. The minimum Gasteiger partial charge on any atom is -0.450 e. The minimum atomic E-state index is -0.196. The second-order valence-electron chi connectivity index (χ2n) is 5.05. The highest BCUT2D eigenvalue weighted by Gasteiger charge is 2.21. The molecule has 3 nitrogen and oxygen atoms in total. The van der Waals surface area contributed by atoms with Crippen LogP contribution in [0.4, 0.5) is 4.79 Å². The zero-order valence-corrected chi connectivity index (χ0v) is 11.4. The topological polar surface area (TPSA) is 29.5 Å². The van der Waals surface area contributed by atoms with E-state index in [4.69, 9.17) is 4.74 Å². The van der Waals surface area contributed by atoms with E-state index in [0.29, 0.717) is 19.1 Å². The first-order valence-corrected chi connectivity index (χ1v) is 6.65. The van der Waals surface area contributed by atoms with Crippen LogP contribution in [0.5, 0.6) is 0 Å². The Morgan fingerprint density at radius 1 is 1.39 bits per heavy atom. The summed E-state index contributed by atoms with van der Waals surface area (Å²) in [6.07, 6.45) is 0.727. The van der Waals surface area contributed by atoms with Gasteiger partial charge < -0.3 is 9.64 Å². The number of rotatable bonds is 2. The molecule has 0 bridgehead atoms. The van der Waals surface area contributed by atoms with Crippen molar-refractivity contribution in [2.24, 2.45) is 0 Å². The molecule has 0 atom stereocenters. The Labute approximate surface area is 109 Å². The second-order valence-corrected chi connectivity index (χ2v) is 5.05. The molecular formula is C15H21NO2. The van der Waals surface area contributed by atoms with E-state index in [1.165, 1.54) is 16.7 Å². The quantitative estimate of drug-likeness (QED) is 0.802. The van der Waals surface area contributed by atoms with Gasteiger partial charge in [-0.05, 0) is 36.0 Å². The monoisotopic (exact) mass is 247 g/mol. The summed E-state index contributed by atoms with van der Waals surface area (Å²) in [7, 11) is 0. The molecule has 2 rings (SSSR count). The SMILES string of the molecule is CCOC(=O)N1CCc2ccc(C(C)C)cc2C1. The fraction of sp³-hybridized carbons (Fsp3) is 0.533. The van der Waals surface area contributed by atoms with Crippen molar-refractivity contribution in [1.82, 2.24) is 4.90 Å². The summed E-state index contributed by atoms with van der Waals surface area (Å²) in [5, 5.41) is 0. The Kier molecular flexibility index (Phi) is 3.90.